The van der Waals surface area contributed by atoms with Gasteiger partial charge in [-0.05, 0) is 31.4 Å². The van der Waals surface area contributed by atoms with Gasteiger partial charge < -0.3 is 14.7 Å². The van der Waals surface area contributed by atoms with E-state index in [1.165, 1.54) is 6.07 Å². The van der Waals surface area contributed by atoms with Gasteiger partial charge in [0.05, 0.1) is 18.8 Å². The van der Waals surface area contributed by atoms with E-state index in [0.29, 0.717) is 19.8 Å². The third-order valence-electron chi connectivity index (χ3n) is 4.12. The van der Waals surface area contributed by atoms with Crippen LogP contribution in [0.4, 0.5) is 0 Å². The molecule has 6 nitrogen and oxygen atoms in total. The second-order valence-corrected chi connectivity index (χ2v) is 5.30. The molecule has 1 aliphatic carbocycles. The van der Waals surface area contributed by atoms with E-state index in [9.17, 15) is 9.59 Å². The highest BCUT2D eigenvalue weighted by molar-refractivity contribution is 5.94. The number of hydrogen-bond donors (Lipinski definition) is 1. The number of aromatic nitrogens is 1. The van der Waals surface area contributed by atoms with E-state index < -0.39 is 5.97 Å². The van der Waals surface area contributed by atoms with Gasteiger partial charge in [0.15, 0.2) is 0 Å². The fraction of sp³-hybridized carbons (Fsp3) is 0.500. The van der Waals surface area contributed by atoms with Gasteiger partial charge in [-0.25, -0.2) is 9.78 Å². The van der Waals surface area contributed by atoms with Gasteiger partial charge in [0, 0.05) is 6.54 Å². The molecule has 0 aromatic carbocycles. The Bertz CT molecular complexity index is 554. The summed E-state index contributed by atoms with van der Waals surface area (Å²) in [5.74, 6) is -1.32. The number of nitrogens with zero attached hydrogens (tertiary/aromatic N) is 2. The summed E-state index contributed by atoms with van der Waals surface area (Å²) in [4.78, 5) is 29.3. The summed E-state index contributed by atoms with van der Waals surface area (Å²) in [6, 6.07) is 4.51. The first-order valence-electron chi connectivity index (χ1n) is 6.72. The first-order chi connectivity index (χ1) is 9.62. The molecule has 0 unspecified atom stereocenters. The van der Waals surface area contributed by atoms with E-state index in [1.54, 1.807) is 12.1 Å². The Morgan fingerprint density at radius 2 is 2.05 bits per heavy atom. The highest BCUT2D eigenvalue weighted by atomic mass is 16.5. The largest absolute Gasteiger partial charge is 0.477 e. The number of carbonyl (C=O) groups excluding carboxylic acids is 1. The highest BCUT2D eigenvalue weighted by Crippen LogP contribution is 2.40. The molecule has 1 saturated carbocycles. The SMILES string of the molecule is O=C(O)c1cccc(C(=O)N2CCOCC23CCC3)n1. The quantitative estimate of drug-likeness (QED) is 0.877. The Morgan fingerprint density at radius 3 is 2.70 bits per heavy atom. The van der Waals surface area contributed by atoms with Crippen LogP contribution in [0, 0.1) is 0 Å². The molecule has 2 aliphatic rings. The molecule has 1 aliphatic heterocycles. The fourth-order valence-corrected chi connectivity index (χ4v) is 2.86. The maximum atomic E-state index is 12.6. The van der Waals surface area contributed by atoms with Crippen molar-refractivity contribution in [1.29, 1.82) is 0 Å². The minimum Gasteiger partial charge on any atom is -0.477 e. The summed E-state index contributed by atoms with van der Waals surface area (Å²) in [5.41, 5.74) is -0.110. The van der Waals surface area contributed by atoms with Crippen LogP contribution in [0.25, 0.3) is 0 Å². The highest BCUT2D eigenvalue weighted by Gasteiger charge is 2.47. The molecule has 1 saturated heterocycles. The molecule has 0 bridgehead atoms. The summed E-state index contributed by atoms with van der Waals surface area (Å²) in [7, 11) is 0. The van der Waals surface area contributed by atoms with Gasteiger partial charge in [-0.1, -0.05) is 6.07 Å². The molecule has 1 aromatic rings. The smallest absolute Gasteiger partial charge is 0.354 e. The minimum atomic E-state index is -1.13. The molecular formula is C14H16N2O4. The summed E-state index contributed by atoms with van der Waals surface area (Å²) in [6.07, 6.45) is 2.98. The van der Waals surface area contributed by atoms with Crippen LogP contribution >= 0.6 is 0 Å². The predicted octanol–water partition coefficient (Wildman–Crippen LogP) is 1.17. The van der Waals surface area contributed by atoms with Gasteiger partial charge in [-0.2, -0.15) is 0 Å². The van der Waals surface area contributed by atoms with Crippen molar-refractivity contribution < 1.29 is 19.4 Å². The number of hydrogen-bond acceptors (Lipinski definition) is 4. The van der Waals surface area contributed by atoms with Crippen LogP contribution in [-0.2, 0) is 4.74 Å². The zero-order chi connectivity index (χ0) is 14.2. The molecule has 106 valence electrons. The van der Waals surface area contributed by atoms with Crippen LogP contribution in [0.5, 0.6) is 0 Å². The van der Waals surface area contributed by atoms with E-state index >= 15 is 0 Å². The zero-order valence-electron chi connectivity index (χ0n) is 11.0. The molecule has 1 spiro atoms. The predicted molar refractivity (Wildman–Crippen MR) is 69.6 cm³/mol. The van der Waals surface area contributed by atoms with Crippen molar-refractivity contribution >= 4 is 11.9 Å². The Morgan fingerprint density at radius 1 is 1.30 bits per heavy atom. The minimum absolute atomic E-state index is 0.105. The number of rotatable bonds is 2. The summed E-state index contributed by atoms with van der Waals surface area (Å²) < 4.78 is 5.50. The van der Waals surface area contributed by atoms with E-state index in [2.05, 4.69) is 4.98 Å². The average molecular weight is 276 g/mol. The van der Waals surface area contributed by atoms with Crippen molar-refractivity contribution in [3.63, 3.8) is 0 Å². The number of carboxylic acids is 1. The molecule has 0 atom stereocenters. The molecule has 1 amide bonds. The molecular weight excluding hydrogens is 260 g/mol. The van der Waals surface area contributed by atoms with Crippen molar-refractivity contribution in [1.82, 2.24) is 9.88 Å². The zero-order valence-corrected chi connectivity index (χ0v) is 11.0. The summed E-state index contributed by atoms with van der Waals surface area (Å²) >= 11 is 0. The number of amides is 1. The lowest BCUT2D eigenvalue weighted by atomic mass is 9.75. The van der Waals surface area contributed by atoms with Gasteiger partial charge in [0.1, 0.15) is 11.4 Å². The molecule has 3 rings (SSSR count). The van der Waals surface area contributed by atoms with Gasteiger partial charge in [0.2, 0.25) is 0 Å². The lowest BCUT2D eigenvalue weighted by Gasteiger charge is -2.52. The van der Waals surface area contributed by atoms with Gasteiger partial charge in [-0.3, -0.25) is 4.79 Å². The number of aromatic carboxylic acids is 1. The van der Waals surface area contributed by atoms with Crippen molar-refractivity contribution in [2.75, 3.05) is 19.8 Å². The van der Waals surface area contributed by atoms with Crippen LogP contribution < -0.4 is 0 Å². The lowest BCUT2D eigenvalue weighted by molar-refractivity contribution is -0.0879. The maximum absolute atomic E-state index is 12.6. The van der Waals surface area contributed by atoms with Crippen LogP contribution in [0.15, 0.2) is 18.2 Å². The molecule has 20 heavy (non-hydrogen) atoms. The van der Waals surface area contributed by atoms with Gasteiger partial charge in [-0.15, -0.1) is 0 Å². The number of pyridine rings is 1. The summed E-state index contributed by atoms with van der Waals surface area (Å²) in [5, 5.41) is 8.95. The van der Waals surface area contributed by atoms with Crippen LogP contribution in [-0.4, -0.2) is 52.2 Å². The fourth-order valence-electron chi connectivity index (χ4n) is 2.86. The summed E-state index contributed by atoms with van der Waals surface area (Å²) in [6.45, 7) is 1.63. The van der Waals surface area contributed by atoms with Crippen molar-refractivity contribution in [2.45, 2.75) is 24.8 Å². The van der Waals surface area contributed by atoms with Gasteiger partial charge in [0.25, 0.3) is 5.91 Å². The van der Waals surface area contributed by atoms with E-state index in [1.807, 2.05) is 4.90 Å². The first-order valence-corrected chi connectivity index (χ1v) is 6.72. The van der Waals surface area contributed by atoms with E-state index in [4.69, 9.17) is 9.84 Å². The van der Waals surface area contributed by atoms with Gasteiger partial charge >= 0.3 is 5.97 Å². The average Bonchev–Trinajstić information content (AvgIpc) is 2.45. The second kappa shape index (κ2) is 4.86. The molecule has 0 radical (unpaired) electrons. The number of morpholine rings is 1. The van der Waals surface area contributed by atoms with Crippen molar-refractivity contribution in [3.8, 4) is 0 Å². The Hall–Kier alpha value is -1.95. The Kier molecular flexibility index (Phi) is 3.17. The standard InChI is InChI=1S/C14H16N2O4/c17-12(10-3-1-4-11(15-10)13(18)19)16-7-8-20-9-14(16)5-2-6-14/h1,3-4H,2,5-9H2,(H,18,19). The normalized spacial score (nSPS) is 20.5. The third-order valence-corrected chi connectivity index (χ3v) is 4.12. The van der Waals surface area contributed by atoms with E-state index in [0.717, 1.165) is 19.3 Å². The number of carbonyl (C=O) groups is 2. The topological polar surface area (TPSA) is 79.7 Å². The maximum Gasteiger partial charge on any atom is 0.354 e. The molecule has 1 aromatic heterocycles. The van der Waals surface area contributed by atoms with E-state index in [-0.39, 0.29) is 22.8 Å². The first kappa shape index (κ1) is 13.1. The Balaban J connectivity index is 1.87. The van der Waals surface area contributed by atoms with Crippen molar-refractivity contribution in [3.05, 3.63) is 29.6 Å². The van der Waals surface area contributed by atoms with Crippen LogP contribution in [0.3, 0.4) is 0 Å². The third kappa shape index (κ3) is 2.06. The van der Waals surface area contributed by atoms with Crippen LogP contribution in [0.2, 0.25) is 0 Å². The molecule has 6 heteroatoms. The number of carboxylic acid groups (broad SMARTS) is 1. The lowest BCUT2D eigenvalue weighted by Crippen LogP contribution is -2.62. The van der Waals surface area contributed by atoms with Crippen LogP contribution in [0.1, 0.15) is 40.2 Å². The Labute approximate surface area is 116 Å². The second-order valence-electron chi connectivity index (χ2n) is 5.30. The molecule has 2 heterocycles. The van der Waals surface area contributed by atoms with Crippen molar-refractivity contribution in [2.24, 2.45) is 0 Å². The number of ether oxygens (including phenoxy) is 1. The molecule has 1 N–H and O–H groups in total. The monoisotopic (exact) mass is 276 g/mol. The molecule has 2 fully saturated rings.